The molecule has 0 aliphatic heterocycles. The third kappa shape index (κ3) is 1.69. The van der Waals surface area contributed by atoms with Gasteiger partial charge >= 0.3 is 0 Å². The summed E-state index contributed by atoms with van der Waals surface area (Å²) < 4.78 is 0. The zero-order valence-corrected chi connectivity index (χ0v) is 11.5. The van der Waals surface area contributed by atoms with Gasteiger partial charge in [0.2, 0.25) is 0 Å². The van der Waals surface area contributed by atoms with Crippen molar-refractivity contribution in [1.82, 2.24) is 0 Å². The van der Waals surface area contributed by atoms with Crippen LogP contribution in [0.2, 0.25) is 0 Å². The van der Waals surface area contributed by atoms with Crippen molar-refractivity contribution in [2.45, 2.75) is 58.5 Å². The number of Topliss-reactive ketones (excluding diaryl/α,β-unsaturated/α-hetero) is 1. The average Bonchev–Trinajstić information content (AvgIpc) is 2.33. The smallest absolute Gasteiger partial charge is 0.158 e. The highest BCUT2D eigenvalue weighted by atomic mass is 16.3. The molecular formula is C16H24O2. The van der Waals surface area contributed by atoms with Crippen LogP contribution in [-0.2, 0) is 4.79 Å². The van der Waals surface area contributed by atoms with E-state index in [1.807, 2.05) is 6.92 Å². The molecule has 3 rings (SSSR count). The van der Waals surface area contributed by atoms with Gasteiger partial charge in [-0.15, -0.1) is 0 Å². The molecule has 2 fully saturated rings. The molecule has 100 valence electrons. The number of allylic oxidation sites excluding steroid dienone is 1. The Morgan fingerprint density at radius 2 is 2.17 bits per heavy atom. The van der Waals surface area contributed by atoms with Crippen molar-refractivity contribution in [1.29, 1.82) is 0 Å². The van der Waals surface area contributed by atoms with Crippen molar-refractivity contribution in [2.75, 3.05) is 0 Å². The largest absolute Gasteiger partial charge is 0.392 e. The highest BCUT2D eigenvalue weighted by Gasteiger charge is 2.53. The number of fused-ring (bicyclic) bond motifs is 3. The maximum absolute atomic E-state index is 12.0. The number of carbonyl (C=O) groups excluding carboxylic acids is 1. The standard InChI is InChI=1S/C16H24O2/c1-10-7-12-13(9-14(10)17)16(2)6-4-3-5-11(16)8-15(12)18/h7,11-13,15,18H,3-6,8-9H2,1-2H3. The first kappa shape index (κ1) is 12.4. The van der Waals surface area contributed by atoms with Gasteiger partial charge in [0.05, 0.1) is 6.10 Å². The Morgan fingerprint density at radius 3 is 2.94 bits per heavy atom. The molecule has 0 bridgehead atoms. The molecule has 1 N–H and O–H groups in total. The SMILES string of the molecule is CC1=CC2C(O)CC3CCCCC3(C)C2CC1=O. The summed E-state index contributed by atoms with van der Waals surface area (Å²) in [5.74, 6) is 1.53. The van der Waals surface area contributed by atoms with E-state index in [2.05, 4.69) is 13.0 Å². The number of ketones is 1. The van der Waals surface area contributed by atoms with E-state index in [1.54, 1.807) is 0 Å². The average molecular weight is 248 g/mol. The van der Waals surface area contributed by atoms with Crippen molar-refractivity contribution in [3.63, 3.8) is 0 Å². The summed E-state index contributed by atoms with van der Waals surface area (Å²) in [6.45, 7) is 4.28. The second kappa shape index (κ2) is 4.19. The van der Waals surface area contributed by atoms with Gasteiger partial charge in [-0.1, -0.05) is 25.8 Å². The molecule has 2 heteroatoms. The summed E-state index contributed by atoms with van der Waals surface area (Å²) in [5.41, 5.74) is 1.16. The molecule has 0 spiro atoms. The van der Waals surface area contributed by atoms with Crippen molar-refractivity contribution in [3.8, 4) is 0 Å². The van der Waals surface area contributed by atoms with Crippen molar-refractivity contribution in [3.05, 3.63) is 11.6 Å². The molecule has 0 saturated heterocycles. The molecule has 0 aromatic rings. The van der Waals surface area contributed by atoms with Crippen molar-refractivity contribution in [2.24, 2.45) is 23.2 Å². The van der Waals surface area contributed by atoms with E-state index in [9.17, 15) is 9.90 Å². The van der Waals surface area contributed by atoms with Crippen LogP contribution in [0.5, 0.6) is 0 Å². The first-order valence-corrected chi connectivity index (χ1v) is 7.42. The highest BCUT2D eigenvalue weighted by Crippen LogP contribution is 2.57. The summed E-state index contributed by atoms with van der Waals surface area (Å²) in [5, 5.41) is 10.4. The summed E-state index contributed by atoms with van der Waals surface area (Å²) in [6.07, 6.45) is 8.52. The van der Waals surface area contributed by atoms with E-state index in [4.69, 9.17) is 0 Å². The van der Waals surface area contributed by atoms with Crippen LogP contribution in [0, 0.1) is 23.2 Å². The molecule has 5 unspecified atom stereocenters. The van der Waals surface area contributed by atoms with Gasteiger partial charge in [-0.25, -0.2) is 0 Å². The fourth-order valence-corrected chi connectivity index (χ4v) is 4.80. The van der Waals surface area contributed by atoms with Crippen molar-refractivity contribution >= 4 is 5.78 Å². The third-order valence-corrected chi connectivity index (χ3v) is 6.02. The molecule has 3 aliphatic carbocycles. The fourth-order valence-electron chi connectivity index (χ4n) is 4.80. The molecule has 0 heterocycles. The second-order valence-corrected chi connectivity index (χ2v) is 6.91. The summed E-state index contributed by atoms with van der Waals surface area (Å²) in [4.78, 5) is 12.0. The first-order chi connectivity index (χ1) is 8.52. The topological polar surface area (TPSA) is 37.3 Å². The molecule has 0 amide bonds. The van der Waals surface area contributed by atoms with Crippen LogP contribution in [0.15, 0.2) is 11.6 Å². The minimum atomic E-state index is -0.228. The molecule has 3 aliphatic rings. The Labute approximate surface area is 109 Å². The van der Waals surface area contributed by atoms with Gasteiger partial charge in [-0.05, 0) is 49.0 Å². The van der Waals surface area contributed by atoms with Crippen LogP contribution >= 0.6 is 0 Å². The van der Waals surface area contributed by atoms with Gasteiger partial charge in [0.15, 0.2) is 5.78 Å². The van der Waals surface area contributed by atoms with E-state index in [0.29, 0.717) is 24.0 Å². The normalized spacial score (nSPS) is 48.2. The maximum Gasteiger partial charge on any atom is 0.158 e. The zero-order chi connectivity index (χ0) is 12.9. The van der Waals surface area contributed by atoms with Gasteiger partial charge < -0.3 is 5.11 Å². The van der Waals surface area contributed by atoms with Crippen LogP contribution in [0.25, 0.3) is 0 Å². The Morgan fingerprint density at radius 1 is 1.39 bits per heavy atom. The number of hydrogen-bond acceptors (Lipinski definition) is 2. The van der Waals surface area contributed by atoms with Crippen LogP contribution in [0.1, 0.15) is 52.4 Å². The second-order valence-electron chi connectivity index (χ2n) is 6.91. The van der Waals surface area contributed by atoms with Gasteiger partial charge in [0.25, 0.3) is 0 Å². The van der Waals surface area contributed by atoms with E-state index >= 15 is 0 Å². The van der Waals surface area contributed by atoms with Gasteiger partial charge in [0, 0.05) is 12.3 Å². The molecule has 2 saturated carbocycles. The van der Waals surface area contributed by atoms with Gasteiger partial charge in [-0.3, -0.25) is 4.79 Å². The quantitative estimate of drug-likeness (QED) is 0.715. The fraction of sp³-hybridized carbons (Fsp3) is 0.812. The number of carbonyl (C=O) groups is 1. The molecular weight excluding hydrogens is 224 g/mol. The molecule has 0 aromatic heterocycles. The third-order valence-electron chi connectivity index (χ3n) is 6.02. The minimum absolute atomic E-state index is 0.224. The van der Waals surface area contributed by atoms with Crippen LogP contribution < -0.4 is 0 Å². The minimum Gasteiger partial charge on any atom is -0.392 e. The molecule has 0 radical (unpaired) electrons. The number of aliphatic hydroxyl groups is 1. The lowest BCUT2D eigenvalue weighted by atomic mass is 9.49. The Bertz CT molecular complexity index is 398. The molecule has 5 atom stereocenters. The zero-order valence-electron chi connectivity index (χ0n) is 11.5. The van der Waals surface area contributed by atoms with E-state index in [-0.39, 0.29) is 17.4 Å². The Kier molecular flexibility index (Phi) is 2.89. The first-order valence-electron chi connectivity index (χ1n) is 7.42. The number of hydrogen-bond donors (Lipinski definition) is 1. The Hall–Kier alpha value is -0.630. The summed E-state index contributed by atoms with van der Waals surface area (Å²) >= 11 is 0. The maximum atomic E-state index is 12.0. The van der Waals surface area contributed by atoms with Crippen LogP contribution in [-0.4, -0.2) is 17.0 Å². The molecule has 18 heavy (non-hydrogen) atoms. The highest BCUT2D eigenvalue weighted by molar-refractivity contribution is 5.95. The molecule has 0 aromatic carbocycles. The Balaban J connectivity index is 1.98. The number of rotatable bonds is 0. The van der Waals surface area contributed by atoms with Crippen LogP contribution in [0.4, 0.5) is 0 Å². The van der Waals surface area contributed by atoms with E-state index in [0.717, 1.165) is 12.0 Å². The lowest BCUT2D eigenvalue weighted by molar-refractivity contribution is -0.128. The van der Waals surface area contributed by atoms with Crippen molar-refractivity contribution < 1.29 is 9.90 Å². The van der Waals surface area contributed by atoms with Gasteiger partial charge in [-0.2, -0.15) is 0 Å². The van der Waals surface area contributed by atoms with Crippen LogP contribution in [0.3, 0.4) is 0 Å². The lowest BCUT2D eigenvalue weighted by Crippen LogP contribution is -2.52. The predicted molar refractivity (Wildman–Crippen MR) is 71.0 cm³/mol. The van der Waals surface area contributed by atoms with E-state index in [1.165, 1.54) is 25.7 Å². The summed E-state index contributed by atoms with van der Waals surface area (Å²) in [6, 6.07) is 0. The number of aliphatic hydroxyl groups excluding tert-OH is 1. The predicted octanol–water partition coefficient (Wildman–Crippen LogP) is 3.10. The molecule has 2 nitrogen and oxygen atoms in total. The lowest BCUT2D eigenvalue weighted by Gasteiger charge is -2.56. The van der Waals surface area contributed by atoms with Gasteiger partial charge in [0.1, 0.15) is 0 Å². The monoisotopic (exact) mass is 248 g/mol. The van der Waals surface area contributed by atoms with E-state index < -0.39 is 0 Å². The summed E-state index contributed by atoms with van der Waals surface area (Å²) in [7, 11) is 0.